The van der Waals surface area contributed by atoms with E-state index in [4.69, 9.17) is 0 Å². The summed E-state index contributed by atoms with van der Waals surface area (Å²) in [6.07, 6.45) is 3.06. The number of hydrogen-bond acceptors (Lipinski definition) is 5. The number of fused-ring (bicyclic) bond motifs is 2. The summed E-state index contributed by atoms with van der Waals surface area (Å²) < 4.78 is 1.76. The van der Waals surface area contributed by atoms with E-state index in [0.29, 0.717) is 6.42 Å². The third kappa shape index (κ3) is 4.07. The molecule has 1 atom stereocenters. The number of unbranched alkanes of at least 4 members (excludes halogenated alkanes) is 1. The molecule has 0 radical (unpaired) electrons. The Bertz CT molecular complexity index is 1080. The van der Waals surface area contributed by atoms with Gasteiger partial charge in [0, 0.05) is 6.42 Å². The molecule has 2 aromatic carbocycles. The smallest absolute Gasteiger partial charge is 0.323 e. The van der Waals surface area contributed by atoms with Crippen LogP contribution in [0.5, 0.6) is 0 Å². The first-order valence-electron chi connectivity index (χ1n) is 10.0. The fourth-order valence-corrected chi connectivity index (χ4v) is 4.09. The van der Waals surface area contributed by atoms with E-state index in [0.717, 1.165) is 47.5 Å². The lowest BCUT2D eigenvalue weighted by Gasteiger charge is -2.25. The lowest BCUT2D eigenvalue weighted by molar-refractivity contribution is -0.138. The minimum Gasteiger partial charge on any atom is -0.480 e. The van der Waals surface area contributed by atoms with Crippen LogP contribution < -0.4 is 10.2 Å². The lowest BCUT2D eigenvalue weighted by Crippen LogP contribution is -2.39. The molecule has 0 aliphatic carbocycles. The normalized spacial score (nSPS) is 15.2. The van der Waals surface area contributed by atoms with Crippen molar-refractivity contribution in [1.82, 2.24) is 9.55 Å². The van der Waals surface area contributed by atoms with E-state index < -0.39 is 11.9 Å². The zero-order valence-corrected chi connectivity index (χ0v) is 16.5. The minimum atomic E-state index is -0.892. The summed E-state index contributed by atoms with van der Waals surface area (Å²) in [5, 5.41) is 22.0. The van der Waals surface area contributed by atoms with Gasteiger partial charge < -0.3 is 25.0 Å². The summed E-state index contributed by atoms with van der Waals surface area (Å²) >= 11 is 0. The van der Waals surface area contributed by atoms with Crippen LogP contribution in [0.25, 0.3) is 11.0 Å². The van der Waals surface area contributed by atoms with Gasteiger partial charge >= 0.3 is 11.9 Å². The molecule has 0 saturated carbocycles. The summed E-state index contributed by atoms with van der Waals surface area (Å²) in [5.74, 6) is -0.985. The Labute approximate surface area is 173 Å². The van der Waals surface area contributed by atoms with Crippen molar-refractivity contribution in [2.45, 2.75) is 38.4 Å². The largest absolute Gasteiger partial charge is 0.480 e. The number of imidazole rings is 1. The van der Waals surface area contributed by atoms with E-state index in [9.17, 15) is 19.8 Å². The average Bonchev–Trinajstić information content (AvgIpc) is 3.23. The fourth-order valence-electron chi connectivity index (χ4n) is 4.09. The van der Waals surface area contributed by atoms with Crippen molar-refractivity contribution in [2.24, 2.45) is 0 Å². The van der Waals surface area contributed by atoms with Crippen molar-refractivity contribution in [3.63, 3.8) is 0 Å². The molecule has 1 aliphatic heterocycles. The molecule has 156 valence electrons. The number of rotatable bonds is 9. The van der Waals surface area contributed by atoms with Gasteiger partial charge in [-0.1, -0.05) is 24.3 Å². The number of hydrogen-bond donors (Lipinski definition) is 3. The van der Waals surface area contributed by atoms with Crippen LogP contribution in [-0.2, 0) is 22.6 Å². The quantitative estimate of drug-likeness (QED) is 0.467. The third-order valence-electron chi connectivity index (χ3n) is 5.37. The third-order valence-corrected chi connectivity index (χ3v) is 5.37. The number of carboxylic acid groups (broad SMARTS) is 2. The maximum absolute atomic E-state index is 11.3. The SMILES string of the molecule is O=C(O)CN1c2ccccc2N[C@@H]1CCCCc1nc2ccccc2n1CC(=O)O. The second kappa shape index (κ2) is 8.44. The number of aliphatic carboxylic acids is 2. The molecule has 0 amide bonds. The highest BCUT2D eigenvalue weighted by atomic mass is 16.4. The van der Waals surface area contributed by atoms with Gasteiger partial charge in [0.25, 0.3) is 0 Å². The molecule has 0 unspecified atom stereocenters. The van der Waals surface area contributed by atoms with E-state index >= 15 is 0 Å². The van der Waals surface area contributed by atoms with Gasteiger partial charge in [-0.3, -0.25) is 9.59 Å². The molecule has 0 saturated heterocycles. The van der Waals surface area contributed by atoms with Crippen LogP contribution in [0.15, 0.2) is 48.5 Å². The van der Waals surface area contributed by atoms with Crippen LogP contribution in [0, 0.1) is 0 Å². The standard InChI is InChI=1S/C22H24N4O4/c27-21(28)13-25-17-9-3-1-7-15(17)23-19(25)11-5-6-12-20-24-16-8-2-4-10-18(16)26(20)14-22(29)30/h1-4,7-10,19,23H,5-6,11-14H2,(H,27,28)(H,29,30)/t19-/m0/s1. The number of nitrogens with zero attached hydrogens (tertiary/aromatic N) is 3. The number of aromatic nitrogens is 2. The highest BCUT2D eigenvalue weighted by molar-refractivity contribution is 5.82. The molecule has 4 rings (SSSR count). The van der Waals surface area contributed by atoms with Crippen molar-refractivity contribution >= 4 is 34.3 Å². The van der Waals surface area contributed by atoms with Gasteiger partial charge in [-0.2, -0.15) is 0 Å². The van der Waals surface area contributed by atoms with Gasteiger partial charge in [-0.25, -0.2) is 4.98 Å². The lowest BCUT2D eigenvalue weighted by atomic mass is 10.1. The van der Waals surface area contributed by atoms with Crippen LogP contribution in [0.3, 0.4) is 0 Å². The summed E-state index contributed by atoms with van der Waals surface area (Å²) in [5.41, 5.74) is 3.49. The number of carboxylic acids is 2. The van der Waals surface area contributed by atoms with Crippen LogP contribution in [0.2, 0.25) is 0 Å². The van der Waals surface area contributed by atoms with Gasteiger partial charge in [0.15, 0.2) is 0 Å². The maximum atomic E-state index is 11.3. The Hall–Kier alpha value is -3.55. The van der Waals surface area contributed by atoms with Crippen molar-refractivity contribution in [3.8, 4) is 0 Å². The summed E-state index contributed by atoms with van der Waals surface area (Å²) in [4.78, 5) is 29.1. The molecule has 3 aromatic rings. The molecule has 30 heavy (non-hydrogen) atoms. The number of carbonyl (C=O) groups is 2. The first-order valence-corrected chi connectivity index (χ1v) is 10.0. The molecule has 0 bridgehead atoms. The molecule has 2 heterocycles. The predicted molar refractivity (Wildman–Crippen MR) is 114 cm³/mol. The minimum absolute atomic E-state index is 0.0525. The highest BCUT2D eigenvalue weighted by Gasteiger charge is 2.29. The van der Waals surface area contributed by atoms with E-state index in [-0.39, 0.29) is 19.3 Å². The molecule has 8 heteroatoms. The van der Waals surface area contributed by atoms with E-state index in [1.165, 1.54) is 0 Å². The first kappa shape index (κ1) is 19.8. The Kier molecular flexibility index (Phi) is 5.56. The Balaban J connectivity index is 1.40. The summed E-state index contributed by atoms with van der Waals surface area (Å²) in [6, 6.07) is 15.3. The van der Waals surface area contributed by atoms with Crippen LogP contribution >= 0.6 is 0 Å². The van der Waals surface area contributed by atoms with Crippen molar-refractivity contribution < 1.29 is 19.8 Å². The molecule has 0 fully saturated rings. The number of anilines is 2. The van der Waals surface area contributed by atoms with Crippen LogP contribution in [-0.4, -0.2) is 44.4 Å². The molecule has 3 N–H and O–H groups in total. The molecule has 1 aliphatic rings. The summed E-state index contributed by atoms with van der Waals surface area (Å²) in [7, 11) is 0. The van der Waals surface area contributed by atoms with E-state index in [1.807, 2.05) is 53.4 Å². The molecule has 0 spiro atoms. The zero-order chi connectivity index (χ0) is 21.1. The number of benzene rings is 2. The zero-order valence-electron chi connectivity index (χ0n) is 16.5. The monoisotopic (exact) mass is 408 g/mol. The van der Waals surface area contributed by atoms with E-state index in [2.05, 4.69) is 10.3 Å². The topological polar surface area (TPSA) is 108 Å². The number of aryl methyl sites for hydroxylation is 1. The Morgan fingerprint density at radius 1 is 0.967 bits per heavy atom. The van der Waals surface area contributed by atoms with Gasteiger partial charge in [0.05, 0.1) is 28.6 Å². The second-order valence-corrected chi connectivity index (χ2v) is 7.44. The van der Waals surface area contributed by atoms with Gasteiger partial charge in [0.1, 0.15) is 18.9 Å². The molecule has 8 nitrogen and oxygen atoms in total. The van der Waals surface area contributed by atoms with Crippen LogP contribution in [0.4, 0.5) is 11.4 Å². The molecular formula is C22H24N4O4. The number of para-hydroxylation sites is 4. The fraction of sp³-hybridized carbons (Fsp3) is 0.318. The van der Waals surface area contributed by atoms with E-state index in [1.54, 1.807) is 4.57 Å². The van der Waals surface area contributed by atoms with Gasteiger partial charge in [-0.15, -0.1) is 0 Å². The van der Waals surface area contributed by atoms with Gasteiger partial charge in [0.2, 0.25) is 0 Å². The first-order chi connectivity index (χ1) is 14.5. The highest BCUT2D eigenvalue weighted by Crippen LogP contribution is 2.35. The molecular weight excluding hydrogens is 384 g/mol. The number of nitrogens with one attached hydrogen (secondary N) is 1. The van der Waals surface area contributed by atoms with Gasteiger partial charge in [-0.05, 0) is 43.5 Å². The average molecular weight is 408 g/mol. The summed E-state index contributed by atoms with van der Waals surface area (Å²) in [6.45, 7) is -0.162. The van der Waals surface area contributed by atoms with Crippen molar-refractivity contribution in [1.29, 1.82) is 0 Å². The van der Waals surface area contributed by atoms with Crippen molar-refractivity contribution in [2.75, 3.05) is 16.8 Å². The second-order valence-electron chi connectivity index (χ2n) is 7.44. The Morgan fingerprint density at radius 2 is 1.70 bits per heavy atom. The maximum Gasteiger partial charge on any atom is 0.323 e. The molecule has 1 aromatic heterocycles. The predicted octanol–water partition coefficient (Wildman–Crippen LogP) is 3.18. The Morgan fingerprint density at radius 3 is 2.50 bits per heavy atom. The van der Waals surface area contributed by atoms with Crippen molar-refractivity contribution in [3.05, 3.63) is 54.4 Å². The van der Waals surface area contributed by atoms with Crippen LogP contribution in [0.1, 0.15) is 25.1 Å².